The molecule has 44 heavy (non-hydrogen) atoms. The molecule has 0 atom stereocenters. The highest BCUT2D eigenvalue weighted by atomic mass is 16.5. The first-order valence-corrected chi connectivity index (χ1v) is 17.3. The molecule has 0 saturated heterocycles. The zero-order valence-corrected chi connectivity index (χ0v) is 27.9. The summed E-state index contributed by atoms with van der Waals surface area (Å²) in [5.74, 6) is 1.13. The van der Waals surface area contributed by atoms with Gasteiger partial charge in [-0.25, -0.2) is 0 Å². The number of para-hydroxylation sites is 1. The molecule has 0 aliphatic heterocycles. The Balaban J connectivity index is 1.40. The topological polar surface area (TPSA) is 95.6 Å². The number of anilines is 3. The van der Waals surface area contributed by atoms with Crippen LogP contribution in [0.5, 0.6) is 0 Å². The molecule has 2 aromatic rings. The van der Waals surface area contributed by atoms with Crippen LogP contribution in [0.15, 0.2) is 36.9 Å². The number of allylic oxidation sites excluding steroid dienone is 1. The van der Waals surface area contributed by atoms with Crippen LogP contribution in [-0.4, -0.2) is 61.1 Å². The van der Waals surface area contributed by atoms with Crippen molar-refractivity contribution in [3.05, 3.63) is 42.7 Å². The third-order valence-corrected chi connectivity index (χ3v) is 7.68. The lowest BCUT2D eigenvalue weighted by atomic mass is 10.0. The van der Waals surface area contributed by atoms with Gasteiger partial charge in [-0.3, -0.25) is 0 Å². The number of hydrogen-bond donors (Lipinski definition) is 1. The molecular formula is C36H61N5O3. The molecule has 2 N–H and O–H groups in total. The van der Waals surface area contributed by atoms with Gasteiger partial charge < -0.3 is 24.8 Å². The van der Waals surface area contributed by atoms with E-state index in [1.54, 1.807) is 0 Å². The summed E-state index contributed by atoms with van der Waals surface area (Å²) in [5.41, 5.74) is 7.63. The third kappa shape index (κ3) is 18.3. The van der Waals surface area contributed by atoms with Crippen molar-refractivity contribution in [1.29, 1.82) is 0 Å². The van der Waals surface area contributed by atoms with Crippen LogP contribution in [0.2, 0.25) is 0 Å². The summed E-state index contributed by atoms with van der Waals surface area (Å²) in [7, 11) is 0. The largest absolute Gasteiger partial charge is 0.379 e. The third-order valence-electron chi connectivity index (χ3n) is 7.68. The van der Waals surface area contributed by atoms with Crippen molar-refractivity contribution in [2.24, 2.45) is 0 Å². The van der Waals surface area contributed by atoms with Gasteiger partial charge in [-0.15, -0.1) is 0 Å². The van der Waals surface area contributed by atoms with Crippen molar-refractivity contribution in [3.8, 4) is 0 Å². The van der Waals surface area contributed by atoms with E-state index in [1.807, 2.05) is 42.2 Å². The molecule has 0 bridgehead atoms. The van der Waals surface area contributed by atoms with Gasteiger partial charge in [0.2, 0.25) is 11.9 Å². The minimum Gasteiger partial charge on any atom is -0.379 e. The van der Waals surface area contributed by atoms with Gasteiger partial charge in [0.05, 0.1) is 33.0 Å². The number of aromatic nitrogens is 3. The van der Waals surface area contributed by atoms with E-state index in [-0.39, 0.29) is 5.95 Å². The molecule has 0 aliphatic rings. The molecule has 248 valence electrons. The van der Waals surface area contributed by atoms with Crippen LogP contribution >= 0.6 is 0 Å². The van der Waals surface area contributed by atoms with Crippen LogP contribution in [-0.2, 0) is 14.2 Å². The summed E-state index contributed by atoms with van der Waals surface area (Å²) in [6.45, 7) is 12.2. The van der Waals surface area contributed by atoms with E-state index >= 15 is 0 Å². The first-order valence-electron chi connectivity index (χ1n) is 17.3. The fraction of sp³-hybridized carbons (Fsp3) is 0.694. The van der Waals surface area contributed by atoms with E-state index in [4.69, 9.17) is 19.9 Å². The monoisotopic (exact) mass is 611 g/mol. The quantitative estimate of drug-likeness (QED) is 0.0911. The van der Waals surface area contributed by atoms with Crippen LogP contribution in [0.3, 0.4) is 0 Å². The van der Waals surface area contributed by atoms with Crippen LogP contribution < -0.4 is 10.6 Å². The predicted molar refractivity (Wildman–Crippen MR) is 184 cm³/mol. The molecule has 0 saturated carbocycles. The summed E-state index contributed by atoms with van der Waals surface area (Å²) in [6, 6.07) is 9.93. The highest BCUT2D eigenvalue weighted by Gasteiger charge is 2.15. The maximum Gasteiger partial charge on any atom is 0.235 e. The lowest BCUT2D eigenvalue weighted by molar-refractivity contribution is 0.0153. The molecule has 1 heterocycles. The lowest BCUT2D eigenvalue weighted by Gasteiger charge is -2.23. The van der Waals surface area contributed by atoms with Crippen molar-refractivity contribution in [1.82, 2.24) is 15.0 Å². The molecule has 0 fully saturated rings. The zero-order valence-electron chi connectivity index (χ0n) is 27.9. The maximum atomic E-state index is 5.95. The van der Waals surface area contributed by atoms with E-state index in [1.165, 1.54) is 96.3 Å². The van der Waals surface area contributed by atoms with Gasteiger partial charge in [0.15, 0.2) is 5.82 Å². The molecule has 1 aromatic heterocycles. The van der Waals surface area contributed by atoms with Crippen molar-refractivity contribution in [2.75, 3.05) is 56.8 Å². The molecule has 1 aromatic carbocycles. The minimum atomic E-state index is 0.167. The Kier molecular flexibility index (Phi) is 22.0. The summed E-state index contributed by atoms with van der Waals surface area (Å²) < 4.78 is 17.2. The normalized spacial score (nSPS) is 11.2. The molecule has 8 nitrogen and oxygen atoms in total. The SMILES string of the molecule is C=C(C)c1nc(N)nc(N(CCOCCOCCOCCCCCCCCCCCCCCCCCC)c2ccccc2)n1. The Morgan fingerprint density at radius 2 is 1.11 bits per heavy atom. The van der Waals surface area contributed by atoms with Gasteiger partial charge in [-0.05, 0) is 31.1 Å². The van der Waals surface area contributed by atoms with Gasteiger partial charge in [-0.1, -0.05) is 128 Å². The lowest BCUT2D eigenvalue weighted by Crippen LogP contribution is -2.26. The van der Waals surface area contributed by atoms with Crippen LogP contribution in [0.25, 0.3) is 5.57 Å². The molecule has 0 radical (unpaired) electrons. The Bertz CT molecular complexity index is 975. The van der Waals surface area contributed by atoms with E-state index in [0.717, 1.165) is 24.3 Å². The van der Waals surface area contributed by atoms with Crippen LogP contribution in [0.4, 0.5) is 17.6 Å². The number of nitrogens with two attached hydrogens (primary N) is 1. The average Bonchev–Trinajstić information content (AvgIpc) is 3.03. The van der Waals surface area contributed by atoms with E-state index in [2.05, 4.69) is 28.5 Å². The first kappa shape index (κ1) is 37.6. The van der Waals surface area contributed by atoms with Crippen molar-refractivity contribution >= 4 is 23.2 Å². The van der Waals surface area contributed by atoms with E-state index < -0.39 is 0 Å². The van der Waals surface area contributed by atoms with Crippen LogP contribution in [0.1, 0.15) is 122 Å². The zero-order chi connectivity index (χ0) is 31.5. The molecule has 0 spiro atoms. The van der Waals surface area contributed by atoms with E-state index in [0.29, 0.717) is 51.4 Å². The molecule has 8 heteroatoms. The number of rotatable bonds is 29. The Hall–Kier alpha value is -2.55. The van der Waals surface area contributed by atoms with Crippen molar-refractivity contribution in [2.45, 2.75) is 117 Å². The van der Waals surface area contributed by atoms with E-state index in [9.17, 15) is 0 Å². The summed E-state index contributed by atoms with van der Waals surface area (Å²) in [4.78, 5) is 15.1. The van der Waals surface area contributed by atoms with Crippen LogP contribution in [0, 0.1) is 0 Å². The number of nitrogens with zero attached hydrogens (tertiary/aromatic N) is 4. The smallest absolute Gasteiger partial charge is 0.235 e. The highest BCUT2D eigenvalue weighted by Crippen LogP contribution is 2.23. The first-order chi connectivity index (χ1) is 21.6. The van der Waals surface area contributed by atoms with Gasteiger partial charge in [0.25, 0.3) is 0 Å². The number of unbranched alkanes of at least 4 members (excludes halogenated alkanes) is 15. The Labute approximate surface area is 268 Å². The number of hydrogen-bond acceptors (Lipinski definition) is 8. The average molecular weight is 612 g/mol. The minimum absolute atomic E-state index is 0.167. The fourth-order valence-corrected chi connectivity index (χ4v) is 5.09. The second-order valence-electron chi connectivity index (χ2n) is 11.7. The number of ether oxygens (including phenoxy) is 3. The fourth-order valence-electron chi connectivity index (χ4n) is 5.09. The predicted octanol–water partition coefficient (Wildman–Crippen LogP) is 8.94. The molecule has 0 amide bonds. The van der Waals surface area contributed by atoms with Gasteiger partial charge >= 0.3 is 0 Å². The second-order valence-corrected chi connectivity index (χ2v) is 11.7. The Morgan fingerprint density at radius 1 is 0.636 bits per heavy atom. The van der Waals surface area contributed by atoms with Crippen molar-refractivity contribution in [3.63, 3.8) is 0 Å². The highest BCUT2D eigenvalue weighted by molar-refractivity contribution is 5.61. The summed E-state index contributed by atoms with van der Waals surface area (Å²) in [5, 5.41) is 0. The van der Waals surface area contributed by atoms with Gasteiger partial charge in [-0.2, -0.15) is 15.0 Å². The van der Waals surface area contributed by atoms with Gasteiger partial charge in [0, 0.05) is 18.8 Å². The second kappa shape index (κ2) is 25.7. The molecule has 0 aliphatic carbocycles. The number of benzene rings is 1. The number of nitrogen functional groups attached to an aromatic ring is 1. The Morgan fingerprint density at radius 3 is 1.64 bits per heavy atom. The van der Waals surface area contributed by atoms with Crippen molar-refractivity contribution < 1.29 is 14.2 Å². The molecule has 0 unspecified atom stereocenters. The maximum absolute atomic E-state index is 5.95. The standard InChI is InChI=1S/C36H61N5O3/c1-4-5-6-7-8-9-10-11-12-13-14-15-16-17-18-22-26-42-28-30-44-31-29-43-27-25-41(33-23-20-19-21-24-33)36-39-34(32(2)3)38-35(37)40-36/h19-21,23-24H,2,4-18,22,25-31H2,1,3H3,(H2,37,38,39,40). The molecular weight excluding hydrogens is 550 g/mol. The summed E-state index contributed by atoms with van der Waals surface area (Å²) >= 11 is 0. The van der Waals surface area contributed by atoms with Gasteiger partial charge in [0.1, 0.15) is 0 Å². The summed E-state index contributed by atoms with van der Waals surface area (Å²) in [6.07, 6.45) is 22.1. The molecule has 2 rings (SSSR count).